The van der Waals surface area contributed by atoms with E-state index >= 15 is 0 Å². The average molecular weight is 320 g/mol. The molecule has 0 amide bonds. The third kappa shape index (κ3) is 7.95. The number of hydrogen-bond donors (Lipinski definition) is 0. The standard InChI is InChI=1S/C14H25F5O2/c1-10(2)6-12(5,8-21-11(3)4)7-20-9-13(15,16)14(17,18)19/h10-11H,6-9H2,1-5H3. The van der Waals surface area contributed by atoms with Crippen LogP contribution >= 0.6 is 0 Å². The number of ether oxygens (including phenoxy) is 2. The summed E-state index contributed by atoms with van der Waals surface area (Å²) in [7, 11) is 0. The Bertz CT molecular complexity index is 302. The Kier molecular flexibility index (Phi) is 7.56. The average Bonchev–Trinajstić information content (AvgIpc) is 2.23. The van der Waals surface area contributed by atoms with E-state index in [-0.39, 0.29) is 25.2 Å². The maximum atomic E-state index is 12.8. The van der Waals surface area contributed by atoms with Crippen LogP contribution in [0, 0.1) is 11.3 Å². The number of rotatable bonds is 9. The number of hydrogen-bond acceptors (Lipinski definition) is 2. The Balaban J connectivity index is 4.55. The van der Waals surface area contributed by atoms with Crippen molar-refractivity contribution >= 4 is 0 Å². The molecule has 0 rings (SSSR count). The highest BCUT2D eigenvalue weighted by atomic mass is 19.4. The Morgan fingerprint density at radius 2 is 1.38 bits per heavy atom. The number of alkyl halides is 5. The lowest BCUT2D eigenvalue weighted by molar-refractivity contribution is -0.298. The Morgan fingerprint density at radius 3 is 1.76 bits per heavy atom. The van der Waals surface area contributed by atoms with E-state index in [0.29, 0.717) is 6.42 Å². The van der Waals surface area contributed by atoms with Gasteiger partial charge in [0.1, 0.15) is 6.61 Å². The summed E-state index contributed by atoms with van der Waals surface area (Å²) >= 11 is 0. The first-order valence-electron chi connectivity index (χ1n) is 6.93. The molecule has 0 aromatic heterocycles. The first-order chi connectivity index (χ1) is 9.29. The molecule has 0 fully saturated rings. The van der Waals surface area contributed by atoms with Crippen LogP contribution in [0.1, 0.15) is 41.0 Å². The van der Waals surface area contributed by atoms with Crippen molar-refractivity contribution in [2.75, 3.05) is 19.8 Å². The molecule has 1 unspecified atom stereocenters. The van der Waals surface area contributed by atoms with E-state index in [2.05, 4.69) is 4.74 Å². The molecule has 0 heterocycles. The molecule has 0 bridgehead atoms. The molecule has 0 aliphatic rings. The van der Waals surface area contributed by atoms with Crippen molar-refractivity contribution in [1.29, 1.82) is 0 Å². The van der Waals surface area contributed by atoms with Gasteiger partial charge >= 0.3 is 12.1 Å². The van der Waals surface area contributed by atoms with Crippen molar-refractivity contribution in [3.05, 3.63) is 0 Å². The Labute approximate surface area is 123 Å². The minimum atomic E-state index is -5.59. The van der Waals surface area contributed by atoms with E-state index in [9.17, 15) is 22.0 Å². The van der Waals surface area contributed by atoms with Crippen molar-refractivity contribution < 1.29 is 31.4 Å². The summed E-state index contributed by atoms with van der Waals surface area (Å²) in [6.45, 7) is 7.69. The molecule has 2 nitrogen and oxygen atoms in total. The zero-order chi connectivity index (χ0) is 16.9. The van der Waals surface area contributed by atoms with Crippen molar-refractivity contribution in [3.63, 3.8) is 0 Å². The summed E-state index contributed by atoms with van der Waals surface area (Å²) in [6.07, 6.45) is -5.03. The van der Waals surface area contributed by atoms with Crippen LogP contribution in [0.25, 0.3) is 0 Å². The smallest absolute Gasteiger partial charge is 0.378 e. The SMILES string of the molecule is CC(C)CC(C)(COCC(F)(F)C(F)(F)F)COC(C)C. The molecule has 0 aromatic carbocycles. The Hall–Kier alpha value is -0.430. The maximum Gasteiger partial charge on any atom is 0.455 e. The van der Waals surface area contributed by atoms with Crippen molar-refractivity contribution in [3.8, 4) is 0 Å². The predicted molar refractivity (Wildman–Crippen MR) is 70.5 cm³/mol. The van der Waals surface area contributed by atoms with Gasteiger partial charge in [0.15, 0.2) is 0 Å². The molecule has 0 radical (unpaired) electrons. The molecule has 7 heteroatoms. The van der Waals surface area contributed by atoms with Crippen LogP contribution in [0.3, 0.4) is 0 Å². The van der Waals surface area contributed by atoms with E-state index < -0.39 is 24.1 Å². The molecule has 0 spiro atoms. The van der Waals surface area contributed by atoms with Gasteiger partial charge in [-0.2, -0.15) is 22.0 Å². The van der Waals surface area contributed by atoms with Crippen LogP contribution in [0.4, 0.5) is 22.0 Å². The zero-order valence-corrected chi connectivity index (χ0v) is 13.2. The van der Waals surface area contributed by atoms with Crippen molar-refractivity contribution in [1.82, 2.24) is 0 Å². The molecule has 1 atom stereocenters. The first-order valence-corrected chi connectivity index (χ1v) is 6.93. The summed E-state index contributed by atoms with van der Waals surface area (Å²) < 4.78 is 71.9. The van der Waals surface area contributed by atoms with Crippen LogP contribution in [0.15, 0.2) is 0 Å². The van der Waals surface area contributed by atoms with Gasteiger partial charge in [0.05, 0.1) is 19.3 Å². The maximum absolute atomic E-state index is 12.8. The minimum absolute atomic E-state index is 0.0481. The molecule has 0 aliphatic carbocycles. The van der Waals surface area contributed by atoms with Gasteiger partial charge in [-0.15, -0.1) is 0 Å². The fourth-order valence-electron chi connectivity index (χ4n) is 2.02. The molecule has 0 aromatic rings. The summed E-state index contributed by atoms with van der Waals surface area (Å²) in [5.41, 5.74) is -0.597. The van der Waals surface area contributed by atoms with Crippen LogP contribution < -0.4 is 0 Å². The normalized spacial score (nSPS) is 16.6. The highest BCUT2D eigenvalue weighted by Gasteiger charge is 2.57. The van der Waals surface area contributed by atoms with E-state index in [1.165, 1.54) is 0 Å². The van der Waals surface area contributed by atoms with Crippen molar-refractivity contribution in [2.24, 2.45) is 11.3 Å². The van der Waals surface area contributed by atoms with Gasteiger partial charge < -0.3 is 9.47 Å². The quantitative estimate of drug-likeness (QED) is 0.574. The molecule has 21 heavy (non-hydrogen) atoms. The summed E-state index contributed by atoms with van der Waals surface area (Å²) in [5, 5.41) is 0. The fourth-order valence-corrected chi connectivity index (χ4v) is 2.02. The fraction of sp³-hybridized carbons (Fsp3) is 1.00. The monoisotopic (exact) mass is 320 g/mol. The second kappa shape index (κ2) is 7.72. The molecule has 0 saturated carbocycles. The minimum Gasteiger partial charge on any atom is -0.378 e. The summed E-state index contributed by atoms with van der Waals surface area (Å²) in [4.78, 5) is 0. The van der Waals surface area contributed by atoms with E-state index in [0.717, 1.165) is 0 Å². The largest absolute Gasteiger partial charge is 0.455 e. The second-order valence-corrected chi connectivity index (χ2v) is 6.46. The molecule has 0 saturated heterocycles. The highest BCUT2D eigenvalue weighted by Crippen LogP contribution is 2.36. The van der Waals surface area contributed by atoms with Gasteiger partial charge in [-0.1, -0.05) is 20.8 Å². The topological polar surface area (TPSA) is 18.5 Å². The Morgan fingerprint density at radius 1 is 0.857 bits per heavy atom. The van der Waals surface area contributed by atoms with Crippen LogP contribution in [-0.4, -0.2) is 38.0 Å². The lowest BCUT2D eigenvalue weighted by Crippen LogP contribution is -2.42. The van der Waals surface area contributed by atoms with Gasteiger partial charge in [0, 0.05) is 5.41 Å². The number of halogens is 5. The van der Waals surface area contributed by atoms with Crippen LogP contribution in [-0.2, 0) is 9.47 Å². The summed E-state index contributed by atoms with van der Waals surface area (Å²) in [6, 6.07) is 0. The van der Waals surface area contributed by atoms with E-state index in [1.54, 1.807) is 6.92 Å². The third-order valence-corrected chi connectivity index (χ3v) is 2.81. The molecule has 0 aliphatic heterocycles. The lowest BCUT2D eigenvalue weighted by atomic mass is 9.83. The molecular formula is C14H25F5O2. The van der Waals surface area contributed by atoms with Crippen molar-refractivity contribution in [2.45, 2.75) is 59.2 Å². The van der Waals surface area contributed by atoms with E-state index in [1.807, 2.05) is 27.7 Å². The molecule has 0 N–H and O–H groups in total. The van der Waals surface area contributed by atoms with Gasteiger partial charge in [-0.25, -0.2) is 0 Å². The molecular weight excluding hydrogens is 295 g/mol. The van der Waals surface area contributed by atoms with Crippen LogP contribution in [0.5, 0.6) is 0 Å². The lowest BCUT2D eigenvalue weighted by Gasteiger charge is -2.32. The summed E-state index contributed by atoms with van der Waals surface area (Å²) in [5.74, 6) is -4.58. The molecule has 128 valence electrons. The van der Waals surface area contributed by atoms with E-state index in [4.69, 9.17) is 4.74 Å². The first kappa shape index (κ1) is 20.6. The van der Waals surface area contributed by atoms with Crippen LogP contribution in [0.2, 0.25) is 0 Å². The second-order valence-electron chi connectivity index (χ2n) is 6.46. The highest BCUT2D eigenvalue weighted by molar-refractivity contribution is 4.79. The zero-order valence-electron chi connectivity index (χ0n) is 13.2. The van der Waals surface area contributed by atoms with Gasteiger partial charge in [-0.05, 0) is 26.2 Å². The van der Waals surface area contributed by atoms with Gasteiger partial charge in [0.25, 0.3) is 0 Å². The van der Waals surface area contributed by atoms with Gasteiger partial charge in [0.2, 0.25) is 0 Å². The van der Waals surface area contributed by atoms with Gasteiger partial charge in [-0.3, -0.25) is 0 Å². The third-order valence-electron chi connectivity index (χ3n) is 2.81. The predicted octanol–water partition coefficient (Wildman–Crippen LogP) is 4.68.